The van der Waals surface area contributed by atoms with Crippen molar-refractivity contribution in [1.29, 1.82) is 0 Å². The molecule has 2 aromatic heterocycles. The number of phenolic OH excluding ortho intramolecular Hbond substituents is 1. The van der Waals surface area contributed by atoms with Gasteiger partial charge >= 0.3 is 11.7 Å². The topological polar surface area (TPSA) is 158 Å². The van der Waals surface area contributed by atoms with Gasteiger partial charge in [0.2, 0.25) is 11.8 Å². The zero-order valence-corrected chi connectivity index (χ0v) is 40.4. The number of hydrogen-bond acceptors (Lipinski definition) is 11. The SMILES string of the molecule is C#Cc1c(F)ccc2cc(O)cc(-c3ccc4c(N5CCC[C@@](C)(O)C5)nc(OCC5(CN6CCC(CN7CCC(c8ccc9c(c8)n(C)c(=O)n9C8CCC(=O)NC8=O)CC7)CC6)CC5)nc4c3F)c12. The van der Waals surface area contributed by atoms with Crippen molar-refractivity contribution in [1.82, 2.24) is 34.2 Å². The average Bonchev–Trinajstić information content (AvgIpc) is 4.08. The number of phenols is 1. The minimum atomic E-state index is -0.966. The molecule has 4 aromatic carbocycles. The van der Waals surface area contributed by atoms with E-state index in [1.807, 2.05) is 11.0 Å². The number of amides is 2. The minimum Gasteiger partial charge on any atom is -0.508 e. The summed E-state index contributed by atoms with van der Waals surface area (Å²) in [6, 6.07) is 14.5. The highest BCUT2D eigenvalue weighted by molar-refractivity contribution is 6.04. The number of aryl methyl sites for hydroxylation is 1. The first-order valence-electron chi connectivity index (χ1n) is 25.2. The Morgan fingerprint density at radius 1 is 0.887 bits per heavy atom. The maximum Gasteiger partial charge on any atom is 0.329 e. The van der Waals surface area contributed by atoms with Crippen LogP contribution >= 0.6 is 0 Å². The number of ether oxygens (including phenoxy) is 1. The average molecular weight is 967 g/mol. The monoisotopic (exact) mass is 966 g/mol. The number of aromatic nitrogens is 4. The van der Waals surface area contributed by atoms with Crippen LogP contribution in [0.3, 0.4) is 0 Å². The molecule has 6 aromatic rings. The van der Waals surface area contributed by atoms with Crippen LogP contribution in [0.25, 0.3) is 43.8 Å². The molecule has 6 heterocycles. The summed E-state index contributed by atoms with van der Waals surface area (Å²) in [5.74, 6) is 1.73. The molecule has 0 spiro atoms. The number of carbonyl (C=O) groups excluding carboxylic acids is 2. The molecule has 4 saturated heterocycles. The maximum atomic E-state index is 17.2. The van der Waals surface area contributed by atoms with Gasteiger partial charge in [-0.3, -0.25) is 24.0 Å². The third-order valence-electron chi connectivity index (χ3n) is 16.2. The summed E-state index contributed by atoms with van der Waals surface area (Å²) < 4.78 is 41.8. The molecule has 1 saturated carbocycles. The Morgan fingerprint density at radius 3 is 2.39 bits per heavy atom. The Hall–Kier alpha value is -6.41. The van der Waals surface area contributed by atoms with Crippen LogP contribution in [0.5, 0.6) is 11.8 Å². The number of nitrogens with one attached hydrogen (secondary N) is 1. The van der Waals surface area contributed by atoms with Crippen molar-refractivity contribution in [2.24, 2.45) is 18.4 Å². The van der Waals surface area contributed by atoms with E-state index in [9.17, 15) is 24.6 Å². The van der Waals surface area contributed by atoms with Crippen molar-refractivity contribution in [3.63, 3.8) is 0 Å². The molecule has 71 heavy (non-hydrogen) atoms. The fourth-order valence-electron chi connectivity index (χ4n) is 12.0. The highest BCUT2D eigenvalue weighted by Gasteiger charge is 2.46. The highest BCUT2D eigenvalue weighted by atomic mass is 19.1. The zero-order chi connectivity index (χ0) is 49.3. The number of hydrogen-bond donors (Lipinski definition) is 3. The van der Waals surface area contributed by atoms with Gasteiger partial charge in [-0.25, -0.2) is 13.6 Å². The number of imide groups is 1. The van der Waals surface area contributed by atoms with E-state index < -0.39 is 29.2 Å². The predicted molar refractivity (Wildman–Crippen MR) is 267 cm³/mol. The molecule has 5 aliphatic rings. The van der Waals surface area contributed by atoms with Crippen LogP contribution < -0.4 is 20.6 Å². The van der Waals surface area contributed by atoms with Crippen LogP contribution in [0, 0.1) is 35.3 Å². The second-order valence-electron chi connectivity index (χ2n) is 21.3. The number of carbonyl (C=O) groups is 2. The smallest absolute Gasteiger partial charge is 0.329 e. The van der Waals surface area contributed by atoms with Crippen molar-refractivity contribution in [2.75, 3.05) is 63.9 Å². The standard InChI is InChI=1S/C55H60F2N8O6/c1-4-38-42(56)10-6-36-26-37(66)28-41(47(36)38)39-8-9-40-49(48(39)57)59-52(60-50(40)64-21-5-18-54(2,70)30-64)71-32-55(19-20-55)31-63-22-14-33(15-23-63)29-62-24-16-34(17-25-62)35-7-11-43-45(27-35)61(3)53(69)65(43)44-12-13-46(67)58-51(44)68/h1,6-11,26-28,33-34,44,66,70H,5,12-25,29-32H2,2-3H3,(H,58,67,68)/t44?,54-/m1/s1. The Balaban J connectivity index is 0.735. The molecule has 1 unspecified atom stereocenters. The third kappa shape index (κ3) is 9.01. The Bertz CT molecular complexity index is 3210. The molecule has 1 aliphatic carbocycles. The Morgan fingerprint density at radius 2 is 1.66 bits per heavy atom. The lowest BCUT2D eigenvalue weighted by molar-refractivity contribution is -0.135. The molecule has 16 heteroatoms. The number of β-amino-alcohol motifs (C(OH)–C–C–N with tert-alkyl or cyclic N) is 1. The van der Waals surface area contributed by atoms with Crippen molar-refractivity contribution in [3.8, 4) is 35.2 Å². The molecule has 3 N–H and O–H groups in total. The number of piperidine rings is 4. The number of terminal acetylenes is 1. The second-order valence-corrected chi connectivity index (χ2v) is 21.3. The largest absolute Gasteiger partial charge is 0.508 e. The number of rotatable bonds is 11. The summed E-state index contributed by atoms with van der Waals surface area (Å²) in [6.07, 6.45) is 14.0. The first kappa shape index (κ1) is 46.9. The quantitative estimate of drug-likeness (QED) is 0.0895. The molecule has 0 bridgehead atoms. The van der Waals surface area contributed by atoms with E-state index in [4.69, 9.17) is 21.1 Å². The van der Waals surface area contributed by atoms with Gasteiger partial charge in [-0.1, -0.05) is 24.1 Å². The number of anilines is 1. The predicted octanol–water partition coefficient (Wildman–Crippen LogP) is 7.15. The molecule has 2 atom stereocenters. The fraction of sp³-hybridized carbons (Fsp3) is 0.473. The van der Waals surface area contributed by atoms with Gasteiger partial charge in [-0.05, 0) is 156 Å². The van der Waals surface area contributed by atoms with Crippen molar-refractivity contribution < 1.29 is 33.3 Å². The number of fused-ring (bicyclic) bond motifs is 3. The summed E-state index contributed by atoms with van der Waals surface area (Å²) in [5, 5.41) is 25.4. The van der Waals surface area contributed by atoms with E-state index in [0.29, 0.717) is 71.9 Å². The summed E-state index contributed by atoms with van der Waals surface area (Å²) in [6.45, 7) is 9.10. The maximum absolute atomic E-state index is 17.2. The van der Waals surface area contributed by atoms with Gasteiger partial charge in [0.1, 0.15) is 28.9 Å². The van der Waals surface area contributed by atoms with Crippen LogP contribution in [-0.2, 0) is 16.6 Å². The van der Waals surface area contributed by atoms with Crippen molar-refractivity contribution in [2.45, 2.75) is 88.7 Å². The van der Waals surface area contributed by atoms with Crippen LogP contribution in [0.2, 0.25) is 0 Å². The van der Waals surface area contributed by atoms with Gasteiger partial charge in [0.15, 0.2) is 5.82 Å². The van der Waals surface area contributed by atoms with Crippen LogP contribution in [-0.4, -0.2) is 115 Å². The Labute approximate surface area is 410 Å². The van der Waals surface area contributed by atoms with Crippen LogP contribution in [0.15, 0.2) is 59.4 Å². The summed E-state index contributed by atoms with van der Waals surface area (Å²) >= 11 is 0. The van der Waals surface area contributed by atoms with E-state index >= 15 is 8.78 Å². The molecular weight excluding hydrogens is 907 g/mol. The molecule has 0 radical (unpaired) electrons. The molecule has 5 fully saturated rings. The third-order valence-corrected chi connectivity index (χ3v) is 16.2. The highest BCUT2D eigenvalue weighted by Crippen LogP contribution is 2.48. The lowest BCUT2D eigenvalue weighted by atomic mass is 9.88. The first-order chi connectivity index (χ1) is 34.2. The summed E-state index contributed by atoms with van der Waals surface area (Å²) in [7, 11) is 1.74. The summed E-state index contributed by atoms with van der Waals surface area (Å²) in [4.78, 5) is 54.5. The van der Waals surface area contributed by atoms with E-state index in [-0.39, 0.29) is 57.4 Å². The fourth-order valence-corrected chi connectivity index (χ4v) is 12.0. The van der Waals surface area contributed by atoms with Gasteiger partial charge in [0.05, 0.1) is 28.8 Å². The number of halogens is 2. The summed E-state index contributed by atoms with van der Waals surface area (Å²) in [5.41, 5.74) is 1.77. The minimum absolute atomic E-state index is 0.0212. The van der Waals surface area contributed by atoms with E-state index in [2.05, 4.69) is 33.2 Å². The van der Waals surface area contributed by atoms with Gasteiger partial charge in [-0.2, -0.15) is 9.97 Å². The van der Waals surface area contributed by atoms with Gasteiger partial charge in [-0.15, -0.1) is 6.42 Å². The first-order valence-corrected chi connectivity index (χ1v) is 25.2. The number of benzene rings is 4. The van der Waals surface area contributed by atoms with Crippen LogP contribution in [0.4, 0.5) is 14.6 Å². The van der Waals surface area contributed by atoms with E-state index in [0.717, 1.165) is 89.7 Å². The molecular formula is C55H60F2N8O6. The van der Waals surface area contributed by atoms with Gasteiger partial charge in [0, 0.05) is 61.4 Å². The normalized spacial score (nSPS) is 22.6. The Kier molecular flexibility index (Phi) is 12.1. The lowest BCUT2D eigenvalue weighted by Crippen LogP contribution is -2.46. The molecule has 14 nitrogen and oxygen atoms in total. The number of imidazole rings is 1. The molecule has 4 aliphatic heterocycles. The second kappa shape index (κ2) is 18.3. The zero-order valence-electron chi connectivity index (χ0n) is 40.4. The number of aromatic hydroxyl groups is 1. The molecule has 370 valence electrons. The van der Waals surface area contributed by atoms with Crippen molar-refractivity contribution >= 4 is 50.3 Å². The van der Waals surface area contributed by atoms with Gasteiger partial charge < -0.3 is 29.6 Å². The van der Waals surface area contributed by atoms with Crippen molar-refractivity contribution in [3.05, 3.63) is 87.8 Å². The lowest BCUT2D eigenvalue weighted by Gasteiger charge is -2.38. The van der Waals surface area contributed by atoms with E-state index in [1.165, 1.54) is 34.4 Å². The number of nitrogens with zero attached hydrogens (tertiary/aromatic N) is 7. The van der Waals surface area contributed by atoms with Gasteiger partial charge in [0.25, 0.3) is 0 Å². The number of aliphatic hydroxyl groups is 1. The van der Waals surface area contributed by atoms with Crippen LogP contribution in [0.1, 0.15) is 94.2 Å². The molecule has 2 amide bonds. The van der Waals surface area contributed by atoms with E-state index in [1.54, 1.807) is 30.7 Å². The molecule has 11 rings (SSSR count). The number of likely N-dealkylation sites (tertiary alicyclic amines) is 2.